The number of nitro groups is 1. The normalized spacial score (nSPS) is 20.0. The summed E-state index contributed by atoms with van der Waals surface area (Å²) >= 11 is 1.56. The fourth-order valence-corrected chi connectivity index (χ4v) is 4.00. The summed E-state index contributed by atoms with van der Waals surface area (Å²) in [5.41, 5.74) is 0.560. The van der Waals surface area contributed by atoms with E-state index in [2.05, 4.69) is 0 Å². The molecule has 0 radical (unpaired) electrons. The van der Waals surface area contributed by atoms with Crippen LogP contribution in [0, 0.1) is 10.1 Å². The quantitative estimate of drug-likeness (QED) is 0.596. The van der Waals surface area contributed by atoms with Crippen LogP contribution < -0.4 is 0 Å². The van der Waals surface area contributed by atoms with E-state index in [1.54, 1.807) is 40.7 Å². The highest BCUT2D eigenvalue weighted by Gasteiger charge is 2.39. The first kappa shape index (κ1) is 16.8. The fraction of sp³-hybridized carbons (Fsp3) is 0.500. The molecule has 1 saturated heterocycles. The van der Waals surface area contributed by atoms with E-state index in [4.69, 9.17) is 0 Å². The molecule has 1 saturated carbocycles. The van der Waals surface area contributed by atoms with Crippen molar-refractivity contribution in [2.75, 3.05) is 18.7 Å². The van der Waals surface area contributed by atoms with Gasteiger partial charge in [0.2, 0.25) is 11.8 Å². The van der Waals surface area contributed by atoms with Crippen molar-refractivity contribution >= 4 is 29.3 Å². The lowest BCUT2D eigenvalue weighted by Gasteiger charge is -2.27. The van der Waals surface area contributed by atoms with E-state index in [1.165, 1.54) is 12.1 Å². The second-order valence-corrected chi connectivity index (χ2v) is 7.16. The first-order valence-corrected chi connectivity index (χ1v) is 9.00. The summed E-state index contributed by atoms with van der Waals surface area (Å²) in [6, 6.07) is 5.97. The second kappa shape index (κ2) is 6.80. The molecule has 0 unspecified atom stereocenters. The maximum atomic E-state index is 12.6. The molecule has 1 aliphatic heterocycles. The highest BCUT2D eigenvalue weighted by Crippen LogP contribution is 2.29. The van der Waals surface area contributed by atoms with Gasteiger partial charge in [0, 0.05) is 31.0 Å². The summed E-state index contributed by atoms with van der Waals surface area (Å²) in [6.07, 6.45) is 2.13. The molecule has 2 amide bonds. The van der Waals surface area contributed by atoms with Crippen LogP contribution in [0.5, 0.6) is 0 Å². The van der Waals surface area contributed by atoms with Crippen molar-refractivity contribution in [2.45, 2.75) is 31.3 Å². The number of benzene rings is 1. The van der Waals surface area contributed by atoms with Crippen LogP contribution >= 0.6 is 11.8 Å². The minimum atomic E-state index is -0.476. The number of hydrogen-bond donors (Lipinski definition) is 0. The number of rotatable bonds is 5. The summed E-state index contributed by atoms with van der Waals surface area (Å²) in [5, 5.41) is 10.8. The standard InChI is InChI=1S/C16H19N3O4S/c1-17(12-5-6-12)16(21)14-9-24-10-18(14)15(20)8-11-3-2-4-13(7-11)19(22)23/h2-4,7,12,14H,5-6,8-10H2,1H3/t14-/m0/s1. The van der Waals surface area contributed by atoms with Gasteiger partial charge in [-0.1, -0.05) is 12.1 Å². The minimum absolute atomic E-state index is 0.00473. The SMILES string of the molecule is CN(C(=O)[C@@H]1CSCN1C(=O)Cc1cccc([N+](=O)[O-])c1)C1CC1. The van der Waals surface area contributed by atoms with Gasteiger partial charge in [-0.2, -0.15) is 0 Å². The molecular formula is C16H19N3O4S. The van der Waals surface area contributed by atoms with E-state index in [9.17, 15) is 19.7 Å². The Labute approximate surface area is 144 Å². The molecule has 24 heavy (non-hydrogen) atoms. The molecule has 1 aromatic rings. The highest BCUT2D eigenvalue weighted by atomic mass is 32.2. The Balaban J connectivity index is 1.68. The maximum Gasteiger partial charge on any atom is 0.269 e. The van der Waals surface area contributed by atoms with E-state index in [1.807, 2.05) is 0 Å². The van der Waals surface area contributed by atoms with Crippen LogP contribution in [0.4, 0.5) is 5.69 Å². The number of carbonyl (C=O) groups is 2. The average molecular weight is 349 g/mol. The van der Waals surface area contributed by atoms with E-state index in [-0.39, 0.29) is 23.9 Å². The minimum Gasteiger partial charge on any atom is -0.341 e. The molecule has 2 aliphatic rings. The first-order chi connectivity index (χ1) is 11.5. The first-order valence-electron chi connectivity index (χ1n) is 7.84. The summed E-state index contributed by atoms with van der Waals surface area (Å²) in [6.45, 7) is 0. The molecule has 0 bridgehead atoms. The maximum absolute atomic E-state index is 12.6. The van der Waals surface area contributed by atoms with Gasteiger partial charge in [0.25, 0.3) is 5.69 Å². The lowest BCUT2D eigenvalue weighted by atomic mass is 10.1. The summed E-state index contributed by atoms with van der Waals surface area (Å²) < 4.78 is 0. The van der Waals surface area contributed by atoms with E-state index in [0.29, 0.717) is 23.2 Å². The molecule has 8 heteroatoms. The van der Waals surface area contributed by atoms with Gasteiger partial charge in [0.05, 0.1) is 17.2 Å². The van der Waals surface area contributed by atoms with Crippen molar-refractivity contribution in [3.63, 3.8) is 0 Å². The highest BCUT2D eigenvalue weighted by molar-refractivity contribution is 7.99. The van der Waals surface area contributed by atoms with Crippen molar-refractivity contribution in [3.8, 4) is 0 Å². The Morgan fingerprint density at radius 1 is 1.42 bits per heavy atom. The Hall–Kier alpha value is -2.09. The number of nitro benzene ring substituents is 1. The van der Waals surface area contributed by atoms with Crippen molar-refractivity contribution in [1.29, 1.82) is 0 Å². The van der Waals surface area contributed by atoms with Gasteiger partial charge in [-0.3, -0.25) is 19.7 Å². The van der Waals surface area contributed by atoms with Crippen molar-refractivity contribution in [1.82, 2.24) is 9.80 Å². The van der Waals surface area contributed by atoms with Crippen LogP contribution in [0.25, 0.3) is 0 Å². The van der Waals surface area contributed by atoms with Crippen LogP contribution in [0.3, 0.4) is 0 Å². The number of nitrogens with zero attached hydrogens (tertiary/aromatic N) is 3. The molecule has 1 aliphatic carbocycles. The zero-order valence-electron chi connectivity index (χ0n) is 13.4. The third-order valence-electron chi connectivity index (χ3n) is 4.41. The van der Waals surface area contributed by atoms with Crippen molar-refractivity contribution in [3.05, 3.63) is 39.9 Å². The predicted molar refractivity (Wildman–Crippen MR) is 90.6 cm³/mol. The van der Waals surface area contributed by atoms with Crippen LogP contribution in [0.1, 0.15) is 18.4 Å². The predicted octanol–water partition coefficient (Wildman–Crippen LogP) is 1.66. The Morgan fingerprint density at radius 2 is 2.17 bits per heavy atom. The average Bonchev–Trinajstić information content (AvgIpc) is 3.30. The van der Waals surface area contributed by atoms with E-state index in [0.717, 1.165) is 12.8 Å². The molecule has 1 aromatic carbocycles. The Bertz CT molecular complexity index is 677. The number of amides is 2. The molecule has 128 valence electrons. The van der Waals surface area contributed by atoms with Crippen molar-refractivity contribution in [2.24, 2.45) is 0 Å². The number of carbonyl (C=O) groups excluding carboxylic acids is 2. The fourth-order valence-electron chi connectivity index (χ4n) is 2.83. The van der Waals surface area contributed by atoms with Gasteiger partial charge in [-0.15, -0.1) is 11.8 Å². The molecule has 0 spiro atoms. The molecule has 3 rings (SSSR count). The summed E-state index contributed by atoms with van der Waals surface area (Å²) in [4.78, 5) is 38.9. The molecule has 1 heterocycles. The largest absolute Gasteiger partial charge is 0.341 e. The lowest BCUT2D eigenvalue weighted by Crippen LogP contribution is -2.48. The van der Waals surface area contributed by atoms with Gasteiger partial charge < -0.3 is 9.80 Å². The third kappa shape index (κ3) is 3.53. The number of likely N-dealkylation sites (N-methyl/N-ethyl adjacent to an activating group) is 1. The molecule has 7 nitrogen and oxygen atoms in total. The van der Waals surface area contributed by atoms with Gasteiger partial charge in [0.1, 0.15) is 6.04 Å². The lowest BCUT2D eigenvalue weighted by molar-refractivity contribution is -0.384. The van der Waals surface area contributed by atoms with Gasteiger partial charge in [-0.05, 0) is 18.4 Å². The Kier molecular flexibility index (Phi) is 4.75. The monoisotopic (exact) mass is 349 g/mol. The topological polar surface area (TPSA) is 83.8 Å². The molecule has 0 N–H and O–H groups in total. The van der Waals surface area contributed by atoms with Crippen molar-refractivity contribution < 1.29 is 14.5 Å². The number of thioether (sulfide) groups is 1. The molecule has 2 fully saturated rings. The van der Waals surface area contributed by atoms with Crippen LogP contribution in [0.2, 0.25) is 0 Å². The zero-order chi connectivity index (χ0) is 17.3. The smallest absolute Gasteiger partial charge is 0.269 e. The third-order valence-corrected chi connectivity index (χ3v) is 5.42. The molecular weight excluding hydrogens is 330 g/mol. The number of hydrogen-bond acceptors (Lipinski definition) is 5. The van der Waals surface area contributed by atoms with E-state index >= 15 is 0 Å². The van der Waals surface area contributed by atoms with E-state index < -0.39 is 11.0 Å². The van der Waals surface area contributed by atoms with Crippen LogP contribution in [0.15, 0.2) is 24.3 Å². The van der Waals surface area contributed by atoms with Gasteiger partial charge in [-0.25, -0.2) is 0 Å². The van der Waals surface area contributed by atoms with Gasteiger partial charge in [0.15, 0.2) is 0 Å². The van der Waals surface area contributed by atoms with Crippen LogP contribution in [-0.2, 0) is 16.0 Å². The van der Waals surface area contributed by atoms with Crippen LogP contribution in [-0.4, -0.2) is 57.3 Å². The summed E-state index contributed by atoms with van der Waals surface area (Å²) in [7, 11) is 1.80. The summed E-state index contributed by atoms with van der Waals surface area (Å²) in [5.74, 6) is 0.928. The molecule has 1 atom stereocenters. The number of non-ortho nitro benzene ring substituents is 1. The molecule has 0 aromatic heterocycles. The Morgan fingerprint density at radius 3 is 2.83 bits per heavy atom. The van der Waals surface area contributed by atoms with Gasteiger partial charge >= 0.3 is 0 Å². The zero-order valence-corrected chi connectivity index (χ0v) is 14.2. The second-order valence-electron chi connectivity index (χ2n) is 6.16.